The molecular weight excluding hydrogens is 404 g/mol. The summed E-state index contributed by atoms with van der Waals surface area (Å²) in [5.41, 5.74) is 1.25. The van der Waals surface area contributed by atoms with Crippen LogP contribution in [0.2, 0.25) is 0 Å². The van der Waals surface area contributed by atoms with Crippen LogP contribution in [0.5, 0.6) is 5.75 Å². The molecule has 3 heterocycles. The molecule has 0 radical (unpaired) electrons. The molecule has 0 saturated carbocycles. The zero-order valence-corrected chi connectivity index (χ0v) is 17.6. The highest BCUT2D eigenvalue weighted by molar-refractivity contribution is 7.07. The lowest BCUT2D eigenvalue weighted by Gasteiger charge is -2.25. The molecular formula is C22H20N2O5S. The topological polar surface area (TPSA) is 83.0 Å². The summed E-state index contributed by atoms with van der Waals surface area (Å²) in [4.78, 5) is 31.3. The number of para-hydroxylation sites is 1. The number of rotatable bonds is 5. The Balaban J connectivity index is 2.01. The van der Waals surface area contributed by atoms with Gasteiger partial charge in [-0.1, -0.05) is 29.5 Å². The summed E-state index contributed by atoms with van der Waals surface area (Å²) in [7, 11) is 1.56. The van der Waals surface area contributed by atoms with Gasteiger partial charge in [-0.3, -0.25) is 9.36 Å². The van der Waals surface area contributed by atoms with E-state index in [1.165, 1.54) is 15.9 Å². The highest BCUT2D eigenvalue weighted by Gasteiger charge is 2.34. The van der Waals surface area contributed by atoms with Crippen molar-refractivity contribution in [2.75, 3.05) is 13.7 Å². The van der Waals surface area contributed by atoms with E-state index in [0.29, 0.717) is 37.7 Å². The fourth-order valence-corrected chi connectivity index (χ4v) is 4.51. The van der Waals surface area contributed by atoms with Gasteiger partial charge in [0, 0.05) is 11.6 Å². The lowest BCUT2D eigenvalue weighted by Crippen LogP contribution is -2.40. The zero-order chi connectivity index (χ0) is 21.3. The number of aromatic nitrogens is 1. The highest BCUT2D eigenvalue weighted by atomic mass is 32.1. The molecule has 0 bridgehead atoms. The van der Waals surface area contributed by atoms with Crippen molar-refractivity contribution >= 4 is 23.4 Å². The molecule has 1 aromatic carbocycles. The lowest BCUT2D eigenvalue weighted by molar-refractivity contribution is -0.139. The first-order valence-electron chi connectivity index (χ1n) is 9.41. The van der Waals surface area contributed by atoms with E-state index >= 15 is 0 Å². The number of furan rings is 1. The molecule has 4 rings (SSSR count). The average molecular weight is 424 g/mol. The average Bonchev–Trinajstić information content (AvgIpc) is 3.35. The van der Waals surface area contributed by atoms with Crippen molar-refractivity contribution < 1.29 is 18.7 Å². The second-order valence-corrected chi connectivity index (χ2v) is 7.57. The first kappa shape index (κ1) is 19.9. The summed E-state index contributed by atoms with van der Waals surface area (Å²) in [6.07, 6.45) is 3.22. The van der Waals surface area contributed by atoms with Crippen molar-refractivity contribution in [1.82, 2.24) is 4.57 Å². The minimum absolute atomic E-state index is 0.219. The maximum Gasteiger partial charge on any atom is 0.338 e. The molecule has 1 atom stereocenters. The molecule has 0 amide bonds. The summed E-state index contributed by atoms with van der Waals surface area (Å²) >= 11 is 1.24. The molecule has 2 aromatic heterocycles. The van der Waals surface area contributed by atoms with E-state index < -0.39 is 12.0 Å². The van der Waals surface area contributed by atoms with Crippen LogP contribution < -0.4 is 19.6 Å². The SMILES string of the molecule is CCOC(=O)C1=C(C)N=c2s/c(=C\c3ccco3)c(=O)n2[C@H]1c1ccccc1OC. The molecule has 7 nitrogen and oxygen atoms in total. The molecule has 30 heavy (non-hydrogen) atoms. The fraction of sp³-hybridized carbons (Fsp3) is 0.227. The molecule has 0 fully saturated rings. The molecule has 0 spiro atoms. The van der Waals surface area contributed by atoms with Crippen LogP contribution >= 0.6 is 11.3 Å². The van der Waals surface area contributed by atoms with Gasteiger partial charge in [0.05, 0.1) is 35.8 Å². The van der Waals surface area contributed by atoms with Gasteiger partial charge < -0.3 is 13.9 Å². The van der Waals surface area contributed by atoms with Gasteiger partial charge in [-0.25, -0.2) is 9.79 Å². The third-order valence-electron chi connectivity index (χ3n) is 4.77. The minimum atomic E-state index is -0.713. The number of esters is 1. The Kier molecular flexibility index (Phi) is 5.41. The van der Waals surface area contributed by atoms with E-state index in [0.717, 1.165) is 0 Å². The normalized spacial score (nSPS) is 16.2. The molecule has 8 heteroatoms. The van der Waals surface area contributed by atoms with E-state index in [4.69, 9.17) is 13.9 Å². The number of carbonyl (C=O) groups is 1. The Morgan fingerprint density at radius 1 is 1.30 bits per heavy atom. The largest absolute Gasteiger partial charge is 0.496 e. The van der Waals surface area contributed by atoms with Gasteiger partial charge in [0.2, 0.25) is 0 Å². The van der Waals surface area contributed by atoms with E-state index in [2.05, 4.69) is 4.99 Å². The van der Waals surface area contributed by atoms with Crippen LogP contribution in [0.4, 0.5) is 0 Å². The second-order valence-electron chi connectivity index (χ2n) is 6.56. The summed E-state index contributed by atoms with van der Waals surface area (Å²) in [5.74, 6) is 0.630. The molecule has 3 aromatic rings. The molecule has 0 unspecified atom stereocenters. The summed E-state index contributed by atoms with van der Waals surface area (Å²) in [6, 6.07) is 10.1. The number of hydrogen-bond donors (Lipinski definition) is 0. The van der Waals surface area contributed by atoms with Crippen LogP contribution in [-0.4, -0.2) is 24.3 Å². The van der Waals surface area contributed by atoms with Gasteiger partial charge >= 0.3 is 5.97 Å². The quantitative estimate of drug-likeness (QED) is 0.588. The second kappa shape index (κ2) is 8.16. The van der Waals surface area contributed by atoms with Crippen molar-refractivity contribution in [3.05, 3.63) is 84.9 Å². The van der Waals surface area contributed by atoms with Crippen LogP contribution in [-0.2, 0) is 9.53 Å². The molecule has 1 aliphatic rings. The number of nitrogens with zero attached hydrogens (tertiary/aromatic N) is 2. The lowest BCUT2D eigenvalue weighted by atomic mass is 9.95. The summed E-state index contributed by atoms with van der Waals surface area (Å²) < 4.78 is 18.2. The van der Waals surface area contributed by atoms with E-state index in [1.54, 1.807) is 51.5 Å². The molecule has 154 valence electrons. The summed E-state index contributed by atoms with van der Waals surface area (Å²) in [5, 5.41) is 0. The Hall–Kier alpha value is -3.39. The van der Waals surface area contributed by atoms with Crippen molar-refractivity contribution in [2.24, 2.45) is 4.99 Å². The van der Waals surface area contributed by atoms with Gasteiger partial charge in [-0.2, -0.15) is 0 Å². The van der Waals surface area contributed by atoms with Crippen molar-refractivity contribution in [3.63, 3.8) is 0 Å². The Morgan fingerprint density at radius 2 is 2.10 bits per heavy atom. The van der Waals surface area contributed by atoms with Crippen molar-refractivity contribution in [2.45, 2.75) is 19.9 Å². The molecule has 0 N–H and O–H groups in total. The summed E-state index contributed by atoms with van der Waals surface area (Å²) in [6.45, 7) is 3.71. The number of hydrogen-bond acceptors (Lipinski definition) is 7. The number of benzene rings is 1. The third kappa shape index (κ3) is 3.39. The van der Waals surface area contributed by atoms with Gasteiger partial charge in [-0.15, -0.1) is 0 Å². The highest BCUT2D eigenvalue weighted by Crippen LogP contribution is 2.35. The van der Waals surface area contributed by atoms with Crippen LogP contribution in [0.15, 0.2) is 68.1 Å². The van der Waals surface area contributed by atoms with Crippen LogP contribution in [0, 0.1) is 0 Å². The predicted octanol–water partition coefficient (Wildman–Crippen LogP) is 2.40. The van der Waals surface area contributed by atoms with Crippen LogP contribution in [0.3, 0.4) is 0 Å². The first-order chi connectivity index (χ1) is 14.5. The van der Waals surface area contributed by atoms with E-state index in [-0.39, 0.29) is 12.2 Å². The zero-order valence-electron chi connectivity index (χ0n) is 16.7. The standard InChI is InChI=1S/C22H20N2O5S/c1-4-28-21(26)18-13(2)23-22-24(19(18)15-9-5-6-10-16(15)27-3)20(25)17(30-22)12-14-8-7-11-29-14/h5-12,19H,4H2,1-3H3/b17-12-/t19-/m0/s1. The van der Waals surface area contributed by atoms with E-state index in [9.17, 15) is 9.59 Å². The van der Waals surface area contributed by atoms with Gasteiger partial charge in [0.1, 0.15) is 17.6 Å². The number of fused-ring (bicyclic) bond motifs is 1. The third-order valence-corrected chi connectivity index (χ3v) is 5.75. The number of thiazole rings is 1. The van der Waals surface area contributed by atoms with Crippen molar-refractivity contribution in [3.8, 4) is 5.75 Å². The smallest absolute Gasteiger partial charge is 0.338 e. The monoisotopic (exact) mass is 424 g/mol. The van der Waals surface area contributed by atoms with Gasteiger partial charge in [-0.05, 0) is 32.0 Å². The molecule has 0 aliphatic carbocycles. The predicted molar refractivity (Wildman–Crippen MR) is 112 cm³/mol. The van der Waals surface area contributed by atoms with Crippen molar-refractivity contribution in [1.29, 1.82) is 0 Å². The van der Waals surface area contributed by atoms with Crippen LogP contribution in [0.25, 0.3) is 6.08 Å². The number of allylic oxidation sites excluding steroid dienone is 1. The Bertz CT molecular complexity index is 1300. The Labute approximate surface area is 176 Å². The minimum Gasteiger partial charge on any atom is -0.496 e. The molecule has 1 aliphatic heterocycles. The maximum atomic E-state index is 13.4. The first-order valence-corrected chi connectivity index (χ1v) is 10.2. The fourth-order valence-electron chi connectivity index (χ4n) is 3.48. The number of ether oxygens (including phenoxy) is 2. The molecule has 0 saturated heterocycles. The van der Waals surface area contributed by atoms with Crippen LogP contribution in [0.1, 0.15) is 31.2 Å². The number of carbonyl (C=O) groups excluding carboxylic acids is 1. The Morgan fingerprint density at radius 3 is 2.80 bits per heavy atom. The number of methoxy groups -OCH3 is 1. The van der Waals surface area contributed by atoms with Gasteiger partial charge in [0.25, 0.3) is 5.56 Å². The van der Waals surface area contributed by atoms with E-state index in [1.807, 2.05) is 18.2 Å². The van der Waals surface area contributed by atoms with Gasteiger partial charge in [0.15, 0.2) is 4.80 Å². The maximum absolute atomic E-state index is 13.4.